The van der Waals surface area contributed by atoms with E-state index >= 15 is 0 Å². The van der Waals surface area contributed by atoms with E-state index in [1.165, 1.54) is 39.6 Å². The highest BCUT2D eigenvalue weighted by Crippen LogP contribution is 2.38. The Morgan fingerprint density at radius 1 is 1.14 bits per heavy atom. The normalized spacial score (nSPS) is 12.1. The fourth-order valence-corrected chi connectivity index (χ4v) is 4.06. The van der Waals surface area contributed by atoms with E-state index in [4.69, 9.17) is 18.7 Å². The Hall–Kier alpha value is -4.06. The third-order valence-electron chi connectivity index (χ3n) is 5.31. The first-order valence-corrected chi connectivity index (χ1v) is 12.2. The van der Waals surface area contributed by atoms with Crippen LogP contribution in [0.15, 0.2) is 58.2 Å². The summed E-state index contributed by atoms with van der Waals surface area (Å²) in [5.74, 6) is 0.153. The van der Waals surface area contributed by atoms with Gasteiger partial charge in [0, 0.05) is 11.3 Å². The van der Waals surface area contributed by atoms with Crippen LogP contribution >= 0.6 is 11.8 Å². The third-order valence-corrected chi connectivity index (χ3v) is 6.47. The molecule has 0 radical (unpaired) electrons. The SMILES string of the molecule is COc1cc(CC(=O)N(C)[n+]2cc(N=C([O-])[C@H](C)CSC(=O)c3ccccc3)on2)cc(OC)c1OC. The van der Waals surface area contributed by atoms with Gasteiger partial charge in [-0.1, -0.05) is 54.0 Å². The van der Waals surface area contributed by atoms with Crippen molar-refractivity contribution in [2.45, 2.75) is 13.3 Å². The van der Waals surface area contributed by atoms with Crippen molar-refractivity contribution in [3.8, 4) is 17.2 Å². The summed E-state index contributed by atoms with van der Waals surface area (Å²) in [6, 6.07) is 12.2. The minimum absolute atomic E-state index is 0.00216. The number of amides is 1. The molecule has 0 fully saturated rings. The number of nitrogens with zero attached hydrogens (tertiary/aromatic N) is 4. The quantitative estimate of drug-likeness (QED) is 0.208. The van der Waals surface area contributed by atoms with Gasteiger partial charge in [-0.2, -0.15) is 0 Å². The highest BCUT2D eigenvalue weighted by atomic mass is 32.2. The molecule has 12 heteroatoms. The zero-order chi connectivity index (χ0) is 26.9. The van der Waals surface area contributed by atoms with Crippen LogP contribution in [0, 0.1) is 5.92 Å². The van der Waals surface area contributed by atoms with Gasteiger partial charge >= 0.3 is 5.88 Å². The van der Waals surface area contributed by atoms with Crippen molar-refractivity contribution >= 4 is 34.6 Å². The first-order valence-electron chi connectivity index (χ1n) is 11.2. The number of thioether (sulfide) groups is 1. The smallest absolute Gasteiger partial charge is 0.324 e. The standard InChI is InChI=1S/C25H28N4O7S/c1-16(15-37-25(32)18-9-7-6-8-10-18)24(31)26-21-14-29(27-36-21)28(2)22(30)13-17-11-19(33-3)23(35-5)20(12-17)34-4/h6-12,14,16H,13,15H2,1-5H3/t16-/m1/s1. The maximum Gasteiger partial charge on any atom is 0.324 e. The summed E-state index contributed by atoms with van der Waals surface area (Å²) >= 11 is 1.05. The summed E-state index contributed by atoms with van der Waals surface area (Å²) in [5.41, 5.74) is 1.20. The van der Waals surface area contributed by atoms with Crippen molar-refractivity contribution in [3.05, 3.63) is 59.8 Å². The number of ether oxygens (including phenoxy) is 3. The molecule has 0 spiro atoms. The maximum atomic E-state index is 12.9. The highest BCUT2D eigenvalue weighted by molar-refractivity contribution is 8.14. The Morgan fingerprint density at radius 3 is 2.38 bits per heavy atom. The van der Waals surface area contributed by atoms with Gasteiger partial charge in [0.25, 0.3) is 12.1 Å². The molecule has 1 aromatic heterocycles. The van der Waals surface area contributed by atoms with Crippen molar-refractivity contribution < 1.29 is 38.2 Å². The molecule has 196 valence electrons. The van der Waals surface area contributed by atoms with Crippen LogP contribution in [0.4, 0.5) is 5.88 Å². The van der Waals surface area contributed by atoms with Gasteiger partial charge in [-0.25, -0.2) is 4.99 Å². The van der Waals surface area contributed by atoms with E-state index in [1.807, 2.05) is 6.07 Å². The summed E-state index contributed by atoms with van der Waals surface area (Å²) in [4.78, 5) is 30.2. The predicted octanol–water partition coefficient (Wildman–Crippen LogP) is 1.92. The number of rotatable bonds is 11. The van der Waals surface area contributed by atoms with Crippen molar-refractivity contribution in [2.75, 3.05) is 39.1 Å². The number of aliphatic imine (C=N–C) groups is 1. The van der Waals surface area contributed by atoms with Crippen LogP contribution in [0.3, 0.4) is 0 Å². The van der Waals surface area contributed by atoms with Gasteiger partial charge in [0.2, 0.25) is 16.1 Å². The first kappa shape index (κ1) is 27.5. The van der Waals surface area contributed by atoms with Crippen LogP contribution in [0.1, 0.15) is 22.8 Å². The molecule has 0 aliphatic rings. The monoisotopic (exact) mass is 528 g/mol. The summed E-state index contributed by atoms with van der Waals surface area (Å²) in [6.07, 6.45) is 1.32. The number of likely N-dealkylation sites (N-methyl/N-ethyl adjacent to an activating group) is 1. The van der Waals surface area contributed by atoms with Gasteiger partial charge in [-0.3, -0.25) is 14.1 Å². The van der Waals surface area contributed by atoms with Gasteiger partial charge in [-0.15, -0.1) is 0 Å². The molecule has 0 saturated carbocycles. The number of hydrogen-bond acceptors (Lipinski definition) is 10. The van der Waals surface area contributed by atoms with Crippen LogP contribution in [0.2, 0.25) is 0 Å². The van der Waals surface area contributed by atoms with Gasteiger partial charge < -0.3 is 19.3 Å². The van der Waals surface area contributed by atoms with Crippen LogP contribution in [-0.2, 0) is 11.2 Å². The third kappa shape index (κ3) is 7.00. The van der Waals surface area contributed by atoms with Crippen molar-refractivity contribution in [1.82, 2.24) is 5.27 Å². The van der Waals surface area contributed by atoms with E-state index in [0.29, 0.717) is 28.4 Å². The van der Waals surface area contributed by atoms with Gasteiger partial charge in [0.05, 0.1) is 39.6 Å². The van der Waals surface area contributed by atoms with Gasteiger partial charge in [-0.05, 0) is 29.5 Å². The molecule has 0 aliphatic heterocycles. The highest BCUT2D eigenvalue weighted by Gasteiger charge is 2.25. The Morgan fingerprint density at radius 2 is 1.78 bits per heavy atom. The zero-order valence-electron chi connectivity index (χ0n) is 21.2. The Kier molecular flexibility index (Phi) is 9.50. The van der Waals surface area contributed by atoms with Gasteiger partial charge in [0.1, 0.15) is 0 Å². The topological polar surface area (TPSA) is 130 Å². The molecule has 1 atom stereocenters. The Labute approximate surface area is 218 Å². The molecular weight excluding hydrogens is 500 g/mol. The number of benzene rings is 2. The maximum absolute atomic E-state index is 12.9. The number of methoxy groups -OCH3 is 3. The molecule has 3 rings (SSSR count). The lowest BCUT2D eigenvalue weighted by atomic mass is 10.1. The second kappa shape index (κ2) is 12.8. The second-order valence-corrected chi connectivity index (χ2v) is 8.90. The van der Waals surface area contributed by atoms with E-state index < -0.39 is 11.8 Å². The van der Waals surface area contributed by atoms with E-state index in [0.717, 1.165) is 16.6 Å². The van der Waals surface area contributed by atoms with E-state index in [1.54, 1.807) is 43.3 Å². The molecule has 1 heterocycles. The fourth-order valence-electron chi connectivity index (χ4n) is 3.21. The van der Waals surface area contributed by atoms with Crippen molar-refractivity contribution in [2.24, 2.45) is 10.9 Å². The lowest BCUT2D eigenvalue weighted by molar-refractivity contribution is -0.746. The molecule has 0 aliphatic carbocycles. The molecule has 37 heavy (non-hydrogen) atoms. The van der Waals surface area contributed by atoms with E-state index in [-0.39, 0.29) is 29.1 Å². The Bertz CT molecular complexity index is 1240. The second-order valence-electron chi connectivity index (χ2n) is 7.90. The van der Waals surface area contributed by atoms with E-state index in [9.17, 15) is 14.7 Å². The summed E-state index contributed by atoms with van der Waals surface area (Å²) in [7, 11) is 5.99. The number of carbonyl (C=O) groups is 2. The lowest BCUT2D eigenvalue weighted by Crippen LogP contribution is -2.59. The fraction of sp³-hybridized carbons (Fsp3) is 0.320. The lowest BCUT2D eigenvalue weighted by Gasteiger charge is -2.16. The molecular formula is C25H28N4O7S. The zero-order valence-corrected chi connectivity index (χ0v) is 22.0. The Balaban J connectivity index is 1.63. The average molecular weight is 529 g/mol. The molecule has 0 N–H and O–H groups in total. The van der Waals surface area contributed by atoms with Crippen molar-refractivity contribution in [3.63, 3.8) is 0 Å². The number of hydrogen-bond donors (Lipinski definition) is 0. The number of carbonyl (C=O) groups excluding carboxylic acids is 2. The van der Waals surface area contributed by atoms with Crippen LogP contribution < -0.4 is 29.1 Å². The summed E-state index contributed by atoms with van der Waals surface area (Å²) in [5, 5.41) is 17.4. The van der Waals surface area contributed by atoms with Gasteiger partial charge in [0.15, 0.2) is 11.5 Å². The van der Waals surface area contributed by atoms with Crippen LogP contribution in [0.25, 0.3) is 0 Å². The average Bonchev–Trinajstić information content (AvgIpc) is 3.38. The molecule has 0 unspecified atom stereocenters. The van der Waals surface area contributed by atoms with Crippen LogP contribution in [-0.4, -0.2) is 56.3 Å². The summed E-state index contributed by atoms with van der Waals surface area (Å²) in [6.45, 7) is 1.68. The molecule has 2 aromatic carbocycles. The molecule has 0 saturated heterocycles. The predicted molar refractivity (Wildman–Crippen MR) is 135 cm³/mol. The summed E-state index contributed by atoms with van der Waals surface area (Å²) < 4.78 is 21.1. The molecule has 0 bridgehead atoms. The minimum atomic E-state index is -0.532. The minimum Gasteiger partial charge on any atom is -0.861 e. The molecule has 1 amide bonds. The first-order chi connectivity index (χ1) is 17.8. The molecule has 3 aromatic rings. The van der Waals surface area contributed by atoms with E-state index in [2.05, 4.69) is 10.3 Å². The largest absolute Gasteiger partial charge is 0.861 e. The molecule has 11 nitrogen and oxygen atoms in total. The number of aromatic nitrogens is 2. The van der Waals surface area contributed by atoms with Crippen molar-refractivity contribution in [1.29, 1.82) is 0 Å². The van der Waals surface area contributed by atoms with Crippen LogP contribution in [0.5, 0.6) is 17.2 Å².